The van der Waals surface area contributed by atoms with Crippen molar-refractivity contribution in [1.29, 1.82) is 15.8 Å². The minimum atomic E-state index is -1.21. The molecule has 3 aliphatic rings. The highest BCUT2D eigenvalue weighted by Gasteiger charge is 2.43. The van der Waals surface area contributed by atoms with Gasteiger partial charge in [-0.2, -0.15) is 56.6 Å². The Kier molecular flexibility index (Phi) is 32.9. The lowest BCUT2D eigenvalue weighted by atomic mass is 9.82. The van der Waals surface area contributed by atoms with E-state index in [-0.39, 0.29) is 39.3 Å². The molecule has 0 saturated carbocycles. The summed E-state index contributed by atoms with van der Waals surface area (Å²) in [5.41, 5.74) is 6.02. The number of nitrogens with one attached hydrogen (secondary N) is 7. The maximum absolute atomic E-state index is 13.4. The van der Waals surface area contributed by atoms with Crippen LogP contribution in [0.3, 0.4) is 0 Å². The summed E-state index contributed by atoms with van der Waals surface area (Å²) in [4.78, 5) is 55.1. The van der Waals surface area contributed by atoms with E-state index in [1.807, 2.05) is 64.1 Å². The summed E-state index contributed by atoms with van der Waals surface area (Å²) >= 11 is 0. The van der Waals surface area contributed by atoms with Crippen molar-refractivity contribution in [2.75, 3.05) is 44.4 Å². The predicted octanol–water partition coefficient (Wildman–Crippen LogP) is 11.8. The molecule has 0 saturated heterocycles. The van der Waals surface area contributed by atoms with Crippen molar-refractivity contribution in [2.45, 2.75) is 123 Å². The maximum Gasteiger partial charge on any atom is 0.338 e. The Hall–Kier alpha value is -13.7. The van der Waals surface area contributed by atoms with Crippen LogP contribution in [0.1, 0.15) is 142 Å². The van der Waals surface area contributed by atoms with E-state index >= 15 is 0 Å². The normalized spacial score (nSPS) is 16.2. The molecular weight excluding hydrogens is 1410 g/mol. The highest BCUT2D eigenvalue weighted by Crippen LogP contribution is 2.40. The molecule has 4 atom stereocenters. The number of allylic oxidation sites excluding steroid dienone is 3. The highest BCUT2D eigenvalue weighted by molar-refractivity contribution is 7.59. The number of aryl methyl sites for hydroxylation is 3. The summed E-state index contributed by atoms with van der Waals surface area (Å²) in [6.45, 7) is 12.5. The van der Waals surface area contributed by atoms with Crippen LogP contribution < -0.4 is 21.3 Å². The van der Waals surface area contributed by atoms with E-state index in [2.05, 4.69) is 161 Å². The lowest BCUT2D eigenvalue weighted by Crippen LogP contribution is -2.49. The number of carbonyl (C=O) groups is 3. The number of H-pyrrole nitrogens is 3. The van der Waals surface area contributed by atoms with E-state index in [1.165, 1.54) is 39.3 Å². The van der Waals surface area contributed by atoms with E-state index in [4.69, 9.17) is 31.8 Å². The number of aromatic amines is 3. The average molecular weight is 1490 g/mol. The molecule has 0 spiro atoms. The molecule has 11 rings (SSSR count). The number of pyridine rings is 4. The van der Waals surface area contributed by atoms with Crippen molar-refractivity contribution >= 4 is 83.0 Å². The molecule has 1 amide bonds. The molecular formula is C80H81FN19O8S-. The van der Waals surface area contributed by atoms with E-state index in [0.29, 0.717) is 126 Å². The van der Waals surface area contributed by atoms with Crippen molar-refractivity contribution in [1.82, 2.24) is 65.6 Å². The molecule has 8 heterocycles. The summed E-state index contributed by atoms with van der Waals surface area (Å²) < 4.78 is 35.9. The maximum atomic E-state index is 13.4. The molecule has 0 aliphatic heterocycles. The third kappa shape index (κ3) is 23.2. The van der Waals surface area contributed by atoms with E-state index in [9.17, 15) is 39.7 Å². The Bertz CT molecular complexity index is 5100. The SMILES string of the molecule is C.C#CC#CC#CC.C#CC#CC#C[CH2-].COC(=O)C1(OC)CC=C(c2nc(Nc3cc(C)[nH]n3)ccc2C#N)CC1.COC1(C(=O)N[C@@H](C)c2ccc(-n3cc(F)cn3)nc2)CC=C(c2nc(Nc3cc(C)[nH]n3)ccc2C#N)CC1.COC1(C(=O)O)CC=C(c2nc(Nc3cc(C)[nH]n3)ccc2C#N)CC1.S. The molecule has 27 nitrogen and oxygen atoms in total. The number of amides is 1. The van der Waals surface area contributed by atoms with Crippen LogP contribution in [0.15, 0.2) is 104 Å². The zero-order valence-corrected chi connectivity index (χ0v) is 61.7. The number of aromatic nitrogens is 12. The molecule has 0 fully saturated rings. The van der Waals surface area contributed by atoms with Gasteiger partial charge in [0.15, 0.2) is 40.3 Å². The number of nitrogens with zero attached hydrogens (tertiary/aromatic N) is 12. The van der Waals surface area contributed by atoms with Crippen molar-refractivity contribution in [3.8, 4) is 96.1 Å². The fourth-order valence-corrected chi connectivity index (χ4v) is 11.0. The number of esters is 1. The molecule has 8 N–H and O–H groups in total. The lowest BCUT2D eigenvalue weighted by molar-refractivity contribution is -0.167. The van der Waals surface area contributed by atoms with E-state index in [0.717, 1.165) is 45.6 Å². The monoisotopic (exact) mass is 1490 g/mol. The van der Waals surface area contributed by atoms with Gasteiger partial charge in [0.25, 0.3) is 5.91 Å². The van der Waals surface area contributed by atoms with Gasteiger partial charge in [-0.3, -0.25) is 26.0 Å². The number of rotatable bonds is 18. The largest absolute Gasteiger partial charge is 0.479 e. The smallest absolute Gasteiger partial charge is 0.338 e. The molecule has 0 radical (unpaired) electrons. The molecule has 109 heavy (non-hydrogen) atoms. The number of aliphatic carboxylic acids is 1. The Morgan fingerprint density at radius 1 is 0.615 bits per heavy atom. The van der Waals surface area contributed by atoms with Gasteiger partial charge in [0.1, 0.15) is 41.3 Å². The first kappa shape index (κ1) is 86.0. The average Bonchev–Trinajstić information content (AvgIpc) is 1.60. The van der Waals surface area contributed by atoms with Gasteiger partial charge in [0, 0.05) is 82.1 Å². The summed E-state index contributed by atoms with van der Waals surface area (Å²) in [6.07, 6.45) is 22.8. The van der Waals surface area contributed by atoms with Gasteiger partial charge in [-0.15, -0.1) is 18.8 Å². The van der Waals surface area contributed by atoms with Crippen LogP contribution in [0.5, 0.6) is 0 Å². The number of terminal acetylenes is 2. The first-order chi connectivity index (χ1) is 51.6. The lowest BCUT2D eigenvalue weighted by Gasteiger charge is -2.35. The number of hydrogen-bond acceptors (Lipinski definition) is 21. The van der Waals surface area contributed by atoms with Crippen LogP contribution in [-0.4, -0.2) is 129 Å². The summed E-state index contributed by atoms with van der Waals surface area (Å²) in [7, 11) is 5.79. The zero-order valence-electron chi connectivity index (χ0n) is 60.7. The summed E-state index contributed by atoms with van der Waals surface area (Å²) in [5, 5.41) is 75.2. The molecule has 3 aliphatic carbocycles. The number of hydrogen-bond donors (Lipinski definition) is 8. The van der Waals surface area contributed by atoms with Gasteiger partial charge in [-0.1, -0.05) is 37.6 Å². The number of ether oxygens (including phenoxy) is 4. The number of carbonyl (C=O) groups excluding carboxylic acids is 2. The van der Waals surface area contributed by atoms with Crippen molar-refractivity contribution in [2.24, 2.45) is 0 Å². The van der Waals surface area contributed by atoms with Gasteiger partial charge < -0.3 is 45.3 Å². The van der Waals surface area contributed by atoms with Crippen molar-refractivity contribution < 1.29 is 42.8 Å². The molecule has 29 heteroatoms. The molecule has 8 aromatic heterocycles. The second kappa shape index (κ2) is 41.7. The van der Waals surface area contributed by atoms with E-state index < -0.39 is 34.6 Å². The summed E-state index contributed by atoms with van der Waals surface area (Å²) in [5.74, 6) is 25.6. The van der Waals surface area contributed by atoms with Crippen LogP contribution in [0.25, 0.3) is 22.5 Å². The van der Waals surface area contributed by atoms with Gasteiger partial charge in [-0.05, 0) is 173 Å². The standard InChI is InChI=1S/C28H28FN9O2.C19H21N5O3.C18H19N5O3.C7H4.C7H3.CH4.H2S/c1-17-12-24(37-36-17)34-23-6-4-20(13-30)26(35-23)19-8-10-28(40-3,11-9-19)27(39)33-18(2)21-5-7-25(31-14-21)38-16-22(29)15-32-38;1-12-10-16(24-23-12)21-15-5-4-14(11-20)17(22-15)13-6-8-19(27-3,9-7-13)18(25)26-2;1-11-9-15(23-22-11)20-14-4-3-13(10-19)16(21-14)12-5-7-18(26-2,8-6-12)17(24)25;2*1-3-5-7-6-4-2;;/h4-8,12,14-16,18H,9-11H2,1-3H3,(H,33,39)(H2,34,35,36,37);4-6,10H,7-9H2,1-3H3,(H2,21,22,23,24);3-5,9H,6-8H2,1-2H3,(H,24,25)(H2,20,21,22,23);1H,2H3;1H,2H2;1H4;1H2/q;;;;-1;;/t18-,28?;;;;;;/m0....../s1. The quantitative estimate of drug-likeness (QED) is 0.0225. The van der Waals surface area contributed by atoms with Crippen molar-refractivity contribution in [3.05, 3.63) is 173 Å². The Labute approximate surface area is 639 Å². The van der Waals surface area contributed by atoms with Crippen LogP contribution in [0.2, 0.25) is 0 Å². The van der Waals surface area contributed by atoms with Gasteiger partial charge in [0.2, 0.25) is 0 Å². The molecule has 0 aromatic carbocycles. The Morgan fingerprint density at radius 3 is 1.35 bits per heavy atom. The number of methoxy groups -OCH3 is 4. The van der Waals surface area contributed by atoms with Crippen molar-refractivity contribution in [3.63, 3.8) is 0 Å². The van der Waals surface area contributed by atoms with Gasteiger partial charge in [0.05, 0.1) is 59.3 Å². The third-order valence-electron chi connectivity index (χ3n) is 16.8. The molecule has 3 unspecified atom stereocenters. The Balaban J connectivity index is 0.000000272. The fourth-order valence-electron chi connectivity index (χ4n) is 11.0. The third-order valence-corrected chi connectivity index (χ3v) is 16.8. The van der Waals surface area contributed by atoms with Gasteiger partial charge in [-0.25, -0.2) is 44.5 Å². The number of anilines is 6. The molecule has 558 valence electrons. The fraction of sp³-hybridized carbons (Fsp3) is 0.287. The number of carboxylic acid groups (broad SMARTS) is 1. The van der Waals surface area contributed by atoms with Crippen LogP contribution in [0.4, 0.5) is 39.3 Å². The topological polar surface area (TPSA) is 383 Å². The predicted molar refractivity (Wildman–Crippen MR) is 416 cm³/mol. The summed E-state index contributed by atoms with van der Waals surface area (Å²) in [6, 6.07) is 25.6. The minimum absolute atomic E-state index is 0. The zero-order chi connectivity index (χ0) is 77.5. The number of nitriles is 3. The van der Waals surface area contributed by atoms with Crippen LogP contribution >= 0.6 is 13.5 Å². The minimum Gasteiger partial charge on any atom is -0.479 e. The first-order valence-electron chi connectivity index (χ1n) is 32.8. The Morgan fingerprint density at radius 2 is 1.04 bits per heavy atom. The second-order valence-corrected chi connectivity index (χ2v) is 23.7. The highest BCUT2D eigenvalue weighted by atomic mass is 32.1. The van der Waals surface area contributed by atoms with Crippen LogP contribution in [-0.2, 0) is 33.3 Å². The first-order valence-corrected chi connectivity index (χ1v) is 32.8. The van der Waals surface area contributed by atoms with E-state index in [1.54, 1.807) is 61.7 Å². The number of halogens is 1. The molecule has 8 aromatic rings. The van der Waals surface area contributed by atoms with Crippen LogP contribution in [0, 0.1) is 140 Å². The second-order valence-electron chi connectivity index (χ2n) is 23.7. The molecule has 0 bridgehead atoms. The van der Waals surface area contributed by atoms with Gasteiger partial charge >= 0.3 is 11.9 Å². The number of carboxylic acids is 1.